The van der Waals surface area contributed by atoms with Crippen LogP contribution in [-0.2, 0) is 11.3 Å². The average molecular weight is 264 g/mol. The van der Waals surface area contributed by atoms with E-state index in [9.17, 15) is 4.39 Å². The quantitative estimate of drug-likeness (QED) is 0.900. The SMILES string of the molecule is Fc1ccc(CNC2CCN3CCOCC3C2)cc1. The largest absolute Gasteiger partial charge is 0.378 e. The van der Waals surface area contributed by atoms with E-state index in [-0.39, 0.29) is 5.82 Å². The van der Waals surface area contributed by atoms with Crippen molar-refractivity contribution >= 4 is 0 Å². The molecule has 2 atom stereocenters. The van der Waals surface area contributed by atoms with Gasteiger partial charge < -0.3 is 10.1 Å². The molecule has 104 valence electrons. The number of benzene rings is 1. The van der Waals surface area contributed by atoms with E-state index in [2.05, 4.69) is 10.2 Å². The standard InChI is InChI=1S/C15H21FN2O/c16-13-3-1-12(2-4-13)10-17-14-5-6-18-7-8-19-11-15(18)9-14/h1-4,14-15,17H,5-11H2. The second-order valence-electron chi connectivity index (χ2n) is 5.49. The number of morpholine rings is 1. The lowest BCUT2D eigenvalue weighted by Gasteiger charge is -2.42. The molecule has 0 radical (unpaired) electrons. The van der Waals surface area contributed by atoms with Crippen LogP contribution in [0.5, 0.6) is 0 Å². The highest BCUT2D eigenvalue weighted by Crippen LogP contribution is 2.20. The summed E-state index contributed by atoms with van der Waals surface area (Å²) >= 11 is 0. The molecule has 0 aliphatic carbocycles. The van der Waals surface area contributed by atoms with Crippen molar-refractivity contribution in [2.45, 2.75) is 31.5 Å². The maximum atomic E-state index is 12.8. The molecule has 1 aromatic rings. The highest BCUT2D eigenvalue weighted by molar-refractivity contribution is 5.15. The number of ether oxygens (including phenoxy) is 1. The summed E-state index contributed by atoms with van der Waals surface area (Å²) in [6.45, 7) is 4.81. The molecule has 0 bridgehead atoms. The summed E-state index contributed by atoms with van der Waals surface area (Å²) in [7, 11) is 0. The first-order valence-electron chi connectivity index (χ1n) is 7.11. The Morgan fingerprint density at radius 3 is 2.95 bits per heavy atom. The van der Waals surface area contributed by atoms with Gasteiger partial charge in [0, 0.05) is 31.7 Å². The lowest BCUT2D eigenvalue weighted by atomic mass is 9.96. The number of fused-ring (bicyclic) bond motifs is 1. The van der Waals surface area contributed by atoms with E-state index < -0.39 is 0 Å². The molecule has 2 unspecified atom stereocenters. The van der Waals surface area contributed by atoms with Gasteiger partial charge in [-0.05, 0) is 30.5 Å². The second-order valence-corrected chi connectivity index (χ2v) is 5.49. The first-order chi connectivity index (χ1) is 9.31. The first-order valence-corrected chi connectivity index (χ1v) is 7.11. The molecule has 2 heterocycles. The molecule has 19 heavy (non-hydrogen) atoms. The fourth-order valence-electron chi connectivity index (χ4n) is 3.02. The molecule has 0 spiro atoms. The van der Waals surface area contributed by atoms with Crippen molar-refractivity contribution in [3.8, 4) is 0 Å². The molecule has 0 saturated carbocycles. The van der Waals surface area contributed by atoms with Crippen molar-refractivity contribution in [2.24, 2.45) is 0 Å². The molecule has 0 amide bonds. The van der Waals surface area contributed by atoms with Crippen LogP contribution < -0.4 is 5.32 Å². The Balaban J connectivity index is 1.49. The highest BCUT2D eigenvalue weighted by atomic mass is 19.1. The molecule has 2 saturated heterocycles. The summed E-state index contributed by atoms with van der Waals surface area (Å²) in [6.07, 6.45) is 2.35. The van der Waals surface area contributed by atoms with Crippen LogP contribution in [0.15, 0.2) is 24.3 Å². The van der Waals surface area contributed by atoms with Gasteiger partial charge in [0.05, 0.1) is 13.2 Å². The third-order valence-electron chi connectivity index (χ3n) is 4.18. The Morgan fingerprint density at radius 1 is 1.26 bits per heavy atom. The van der Waals surface area contributed by atoms with Gasteiger partial charge in [-0.1, -0.05) is 12.1 Å². The maximum absolute atomic E-state index is 12.8. The van der Waals surface area contributed by atoms with E-state index in [0.29, 0.717) is 12.1 Å². The Labute approximate surface area is 113 Å². The topological polar surface area (TPSA) is 24.5 Å². The zero-order valence-electron chi connectivity index (χ0n) is 11.1. The summed E-state index contributed by atoms with van der Waals surface area (Å²) < 4.78 is 18.4. The average Bonchev–Trinajstić information content (AvgIpc) is 2.46. The van der Waals surface area contributed by atoms with Gasteiger partial charge in [0.25, 0.3) is 0 Å². The molecular formula is C15H21FN2O. The van der Waals surface area contributed by atoms with Crippen LogP contribution in [0.3, 0.4) is 0 Å². The van der Waals surface area contributed by atoms with Gasteiger partial charge in [-0.15, -0.1) is 0 Å². The maximum Gasteiger partial charge on any atom is 0.123 e. The highest BCUT2D eigenvalue weighted by Gasteiger charge is 2.30. The summed E-state index contributed by atoms with van der Waals surface area (Å²) in [5.41, 5.74) is 1.14. The van der Waals surface area contributed by atoms with Gasteiger partial charge in [0.2, 0.25) is 0 Å². The van der Waals surface area contributed by atoms with E-state index in [0.717, 1.165) is 44.8 Å². The molecule has 2 fully saturated rings. The van der Waals surface area contributed by atoms with Crippen LogP contribution in [0.25, 0.3) is 0 Å². The Bertz CT molecular complexity index is 409. The number of nitrogens with one attached hydrogen (secondary N) is 1. The summed E-state index contributed by atoms with van der Waals surface area (Å²) in [6, 6.07) is 7.87. The molecule has 2 aliphatic rings. The van der Waals surface area contributed by atoms with Gasteiger partial charge in [-0.25, -0.2) is 4.39 Å². The van der Waals surface area contributed by atoms with E-state index in [4.69, 9.17) is 4.74 Å². The number of halogens is 1. The predicted octanol–water partition coefficient (Wildman–Crippen LogP) is 1.78. The van der Waals surface area contributed by atoms with Crippen LogP contribution in [0.1, 0.15) is 18.4 Å². The lowest BCUT2D eigenvalue weighted by molar-refractivity contribution is -0.0298. The number of piperidine rings is 1. The fraction of sp³-hybridized carbons (Fsp3) is 0.600. The molecule has 0 aromatic heterocycles. The van der Waals surface area contributed by atoms with Crippen molar-refractivity contribution in [3.63, 3.8) is 0 Å². The minimum atomic E-state index is -0.170. The summed E-state index contributed by atoms with van der Waals surface area (Å²) in [5, 5.41) is 3.59. The number of hydrogen-bond donors (Lipinski definition) is 1. The number of hydrogen-bond acceptors (Lipinski definition) is 3. The van der Waals surface area contributed by atoms with E-state index >= 15 is 0 Å². The Hall–Kier alpha value is -0.970. The van der Waals surface area contributed by atoms with Crippen molar-refractivity contribution in [2.75, 3.05) is 26.3 Å². The third kappa shape index (κ3) is 3.32. The van der Waals surface area contributed by atoms with Crippen LogP contribution >= 0.6 is 0 Å². The normalized spacial score (nSPS) is 28.1. The molecule has 1 N–H and O–H groups in total. The van der Waals surface area contributed by atoms with Crippen molar-refractivity contribution < 1.29 is 9.13 Å². The smallest absolute Gasteiger partial charge is 0.123 e. The lowest BCUT2D eigenvalue weighted by Crippen LogP contribution is -2.53. The van der Waals surface area contributed by atoms with E-state index in [1.54, 1.807) is 0 Å². The summed E-state index contributed by atoms with van der Waals surface area (Å²) in [5.74, 6) is -0.170. The first kappa shape index (κ1) is 13.0. The van der Waals surface area contributed by atoms with Crippen molar-refractivity contribution in [1.29, 1.82) is 0 Å². The van der Waals surface area contributed by atoms with Crippen molar-refractivity contribution in [1.82, 2.24) is 10.2 Å². The molecule has 2 aliphatic heterocycles. The Kier molecular flexibility index (Phi) is 4.11. The third-order valence-corrected chi connectivity index (χ3v) is 4.18. The van der Waals surface area contributed by atoms with Crippen LogP contribution in [-0.4, -0.2) is 43.3 Å². The molecule has 3 nitrogen and oxygen atoms in total. The van der Waals surface area contributed by atoms with Gasteiger partial charge in [0.15, 0.2) is 0 Å². The zero-order chi connectivity index (χ0) is 13.1. The number of nitrogens with zero attached hydrogens (tertiary/aromatic N) is 1. The summed E-state index contributed by atoms with van der Waals surface area (Å²) in [4.78, 5) is 2.54. The van der Waals surface area contributed by atoms with Gasteiger partial charge in [-0.2, -0.15) is 0 Å². The van der Waals surface area contributed by atoms with Crippen LogP contribution in [0, 0.1) is 5.82 Å². The molecule has 3 rings (SSSR count). The molecule has 4 heteroatoms. The fourth-order valence-corrected chi connectivity index (χ4v) is 3.02. The minimum absolute atomic E-state index is 0.170. The van der Waals surface area contributed by atoms with Crippen LogP contribution in [0.2, 0.25) is 0 Å². The molecular weight excluding hydrogens is 243 g/mol. The van der Waals surface area contributed by atoms with Gasteiger partial charge in [0.1, 0.15) is 5.82 Å². The second kappa shape index (κ2) is 5.99. The predicted molar refractivity (Wildman–Crippen MR) is 72.4 cm³/mol. The van der Waals surface area contributed by atoms with Crippen molar-refractivity contribution in [3.05, 3.63) is 35.6 Å². The van der Waals surface area contributed by atoms with Gasteiger partial charge in [-0.3, -0.25) is 4.90 Å². The molecule has 1 aromatic carbocycles. The van der Waals surface area contributed by atoms with Gasteiger partial charge >= 0.3 is 0 Å². The van der Waals surface area contributed by atoms with Crippen LogP contribution in [0.4, 0.5) is 4.39 Å². The van der Waals surface area contributed by atoms with E-state index in [1.165, 1.54) is 18.6 Å². The zero-order valence-corrected chi connectivity index (χ0v) is 11.1. The van der Waals surface area contributed by atoms with E-state index in [1.807, 2.05) is 12.1 Å². The number of rotatable bonds is 3. The monoisotopic (exact) mass is 264 g/mol. The minimum Gasteiger partial charge on any atom is -0.378 e. The Morgan fingerprint density at radius 2 is 2.11 bits per heavy atom.